The van der Waals surface area contributed by atoms with E-state index in [0.29, 0.717) is 42.1 Å². The van der Waals surface area contributed by atoms with E-state index in [2.05, 4.69) is 0 Å². The van der Waals surface area contributed by atoms with Crippen LogP contribution in [0.2, 0.25) is 5.02 Å². The molecule has 3 aromatic carbocycles. The van der Waals surface area contributed by atoms with Crippen molar-refractivity contribution in [1.29, 1.82) is 0 Å². The van der Waals surface area contributed by atoms with Gasteiger partial charge in [-0.05, 0) is 82.9 Å². The van der Waals surface area contributed by atoms with Gasteiger partial charge in [0.05, 0.1) is 16.7 Å². The third kappa shape index (κ3) is 6.26. The van der Waals surface area contributed by atoms with Crippen molar-refractivity contribution in [3.63, 3.8) is 0 Å². The van der Waals surface area contributed by atoms with Crippen molar-refractivity contribution < 1.29 is 32.2 Å². The number of halogens is 4. The summed E-state index contributed by atoms with van der Waals surface area (Å²) in [5, 5.41) is 0.488. The van der Waals surface area contributed by atoms with Crippen molar-refractivity contribution in [2.75, 3.05) is 11.5 Å². The van der Waals surface area contributed by atoms with Crippen LogP contribution in [0.1, 0.15) is 59.8 Å². The van der Waals surface area contributed by atoms with Gasteiger partial charge in [0.25, 0.3) is 0 Å². The van der Waals surface area contributed by atoms with E-state index in [1.165, 1.54) is 24.0 Å². The summed E-state index contributed by atoms with van der Waals surface area (Å²) in [5.41, 5.74) is -0.907. The second-order valence-corrected chi connectivity index (χ2v) is 12.4. The van der Waals surface area contributed by atoms with Gasteiger partial charge in [0.2, 0.25) is 5.91 Å². The Bertz CT molecular complexity index is 1710. The predicted octanol–water partition coefficient (Wildman–Crippen LogP) is 8.16. The zero-order chi connectivity index (χ0) is 31.8. The number of fused-ring (bicyclic) bond motifs is 1. The van der Waals surface area contributed by atoms with Crippen molar-refractivity contribution in [3.05, 3.63) is 77.1 Å². The van der Waals surface area contributed by atoms with Gasteiger partial charge in [-0.2, -0.15) is 0 Å². The highest BCUT2D eigenvalue weighted by molar-refractivity contribution is 6.30. The summed E-state index contributed by atoms with van der Waals surface area (Å²) in [6.45, 7) is 6.09. The van der Waals surface area contributed by atoms with E-state index in [4.69, 9.17) is 26.1 Å². The number of carbonyl (C=O) groups excluding carboxylic acids is 2. The maximum absolute atomic E-state index is 16.0. The van der Waals surface area contributed by atoms with Gasteiger partial charge in [-0.1, -0.05) is 18.0 Å². The summed E-state index contributed by atoms with van der Waals surface area (Å²) in [6.07, 6.45) is 3.04. The molecule has 7 nitrogen and oxygen atoms in total. The van der Waals surface area contributed by atoms with Crippen molar-refractivity contribution in [2.24, 2.45) is 0 Å². The maximum atomic E-state index is 16.0. The average molecular weight is 628 g/mol. The Morgan fingerprint density at radius 3 is 2.23 bits per heavy atom. The van der Waals surface area contributed by atoms with Crippen LogP contribution in [-0.2, 0) is 20.0 Å². The molecule has 0 saturated heterocycles. The fourth-order valence-corrected chi connectivity index (χ4v) is 6.04. The molecule has 44 heavy (non-hydrogen) atoms. The molecule has 5 rings (SSSR count). The summed E-state index contributed by atoms with van der Waals surface area (Å²) < 4.78 is 57.6. The molecular weight excluding hydrogens is 595 g/mol. The normalized spacial score (nSPS) is 14.8. The second-order valence-electron chi connectivity index (χ2n) is 11.9. The van der Waals surface area contributed by atoms with Gasteiger partial charge in [0.15, 0.2) is 24.1 Å². The first-order valence-corrected chi connectivity index (χ1v) is 14.8. The Morgan fingerprint density at radius 1 is 0.955 bits per heavy atom. The number of ether oxygens (including phenoxy) is 2. The molecule has 1 heterocycles. The van der Waals surface area contributed by atoms with Crippen LogP contribution in [0.15, 0.2) is 54.6 Å². The molecule has 0 radical (unpaired) electrons. The fourth-order valence-electron chi connectivity index (χ4n) is 5.91. The van der Waals surface area contributed by atoms with Crippen LogP contribution in [-0.4, -0.2) is 33.6 Å². The molecule has 1 saturated carbocycles. The lowest BCUT2D eigenvalue weighted by atomic mass is 9.85. The molecule has 1 fully saturated rings. The number of imidazole rings is 1. The lowest BCUT2D eigenvalue weighted by molar-refractivity contribution is -0.157. The number of carbonyl (C=O) groups is 2. The molecule has 0 aliphatic heterocycles. The topological polar surface area (TPSA) is 73.7 Å². The van der Waals surface area contributed by atoms with Crippen molar-refractivity contribution in [3.8, 4) is 17.1 Å². The Morgan fingerprint density at radius 2 is 1.61 bits per heavy atom. The van der Waals surface area contributed by atoms with Crippen LogP contribution in [0, 0.1) is 17.5 Å². The summed E-state index contributed by atoms with van der Waals surface area (Å²) in [4.78, 5) is 31.7. The summed E-state index contributed by atoms with van der Waals surface area (Å²) in [7, 11) is 0. The van der Waals surface area contributed by atoms with Gasteiger partial charge < -0.3 is 9.47 Å². The van der Waals surface area contributed by atoms with Gasteiger partial charge in [-0.3, -0.25) is 14.3 Å². The van der Waals surface area contributed by atoms with Crippen molar-refractivity contribution in [1.82, 2.24) is 9.55 Å². The van der Waals surface area contributed by atoms with Gasteiger partial charge in [0, 0.05) is 35.7 Å². The standard InChI is InChI=1S/C33H33ClF3N3O4/c1-20(41)39(28-13-12-23(16-26(28)37)43-19-30(42)44-32(2,3)4)33(14-6-5-7-15-33)40-29-18-25(36)24(35)17-27(29)38-31(40)21-8-10-22(34)11-9-21/h8-13,16-18H,5-7,14-15,19H2,1-4H3. The van der Waals surface area contributed by atoms with Crippen LogP contribution in [0.4, 0.5) is 18.9 Å². The largest absolute Gasteiger partial charge is 0.482 e. The monoisotopic (exact) mass is 627 g/mol. The molecule has 1 amide bonds. The van der Waals surface area contributed by atoms with Gasteiger partial charge >= 0.3 is 5.97 Å². The van der Waals surface area contributed by atoms with E-state index in [0.717, 1.165) is 24.6 Å². The number of hydrogen-bond donors (Lipinski definition) is 0. The van der Waals surface area contributed by atoms with E-state index in [-0.39, 0.29) is 22.5 Å². The quantitative estimate of drug-likeness (QED) is 0.193. The van der Waals surface area contributed by atoms with E-state index in [1.54, 1.807) is 49.6 Å². The number of hydrogen-bond acceptors (Lipinski definition) is 5. The first kappa shape index (κ1) is 31.4. The van der Waals surface area contributed by atoms with Crippen molar-refractivity contribution >= 4 is 40.2 Å². The number of rotatable bonds is 7. The molecule has 0 N–H and O–H groups in total. The third-order valence-corrected chi connectivity index (χ3v) is 7.79. The number of benzene rings is 3. The minimum absolute atomic E-state index is 0.0319. The molecule has 0 atom stereocenters. The SMILES string of the molecule is CC(=O)N(c1ccc(OCC(=O)OC(C)(C)C)cc1F)C1(n2c(-c3ccc(Cl)cc3)nc3cc(F)c(F)cc32)CCCCC1. The molecule has 1 aliphatic carbocycles. The second kappa shape index (κ2) is 12.1. The lowest BCUT2D eigenvalue weighted by Gasteiger charge is -2.48. The summed E-state index contributed by atoms with van der Waals surface area (Å²) >= 11 is 6.15. The van der Waals surface area contributed by atoms with E-state index < -0.39 is 47.2 Å². The van der Waals surface area contributed by atoms with Gasteiger partial charge in [-0.15, -0.1) is 0 Å². The minimum atomic E-state index is -1.22. The van der Waals surface area contributed by atoms with Crippen molar-refractivity contribution in [2.45, 2.75) is 71.1 Å². The van der Waals surface area contributed by atoms with E-state index in [9.17, 15) is 18.4 Å². The molecule has 0 spiro atoms. The smallest absolute Gasteiger partial charge is 0.344 e. The fraction of sp³-hybridized carbons (Fsp3) is 0.364. The average Bonchev–Trinajstić information content (AvgIpc) is 3.31. The van der Waals surface area contributed by atoms with Crippen LogP contribution in [0.25, 0.3) is 22.4 Å². The summed E-state index contributed by atoms with van der Waals surface area (Å²) in [5.74, 6) is -3.53. The Hall–Kier alpha value is -4.05. The van der Waals surface area contributed by atoms with Crippen LogP contribution < -0.4 is 9.64 Å². The Labute approximate surface area is 258 Å². The molecule has 4 aromatic rings. The molecule has 11 heteroatoms. The highest BCUT2D eigenvalue weighted by atomic mass is 35.5. The van der Waals surface area contributed by atoms with E-state index >= 15 is 4.39 Å². The number of esters is 1. The predicted molar refractivity (Wildman–Crippen MR) is 162 cm³/mol. The van der Waals surface area contributed by atoms with Crippen LogP contribution in [0.3, 0.4) is 0 Å². The highest BCUT2D eigenvalue weighted by Crippen LogP contribution is 2.46. The number of amides is 1. The first-order chi connectivity index (χ1) is 20.8. The van der Waals surface area contributed by atoms with Crippen LogP contribution in [0.5, 0.6) is 5.75 Å². The highest BCUT2D eigenvalue weighted by Gasteiger charge is 2.45. The zero-order valence-corrected chi connectivity index (χ0v) is 25.7. The third-order valence-electron chi connectivity index (χ3n) is 7.54. The lowest BCUT2D eigenvalue weighted by Crippen LogP contribution is -2.55. The van der Waals surface area contributed by atoms with Gasteiger partial charge in [-0.25, -0.2) is 22.9 Å². The Balaban J connectivity index is 1.65. The molecule has 0 unspecified atom stereocenters. The van der Waals surface area contributed by atoms with Crippen LogP contribution >= 0.6 is 11.6 Å². The molecule has 1 aromatic heterocycles. The molecule has 0 bridgehead atoms. The molecular formula is C33H33ClF3N3O4. The number of nitrogens with zero attached hydrogens (tertiary/aromatic N) is 3. The first-order valence-electron chi connectivity index (χ1n) is 14.4. The molecule has 1 aliphatic rings. The molecule has 232 valence electrons. The maximum Gasteiger partial charge on any atom is 0.344 e. The number of aromatic nitrogens is 2. The number of anilines is 1. The Kier molecular flexibility index (Phi) is 8.66. The minimum Gasteiger partial charge on any atom is -0.482 e. The van der Waals surface area contributed by atoms with E-state index in [1.807, 2.05) is 0 Å². The summed E-state index contributed by atoms with van der Waals surface area (Å²) in [6, 6.07) is 12.9. The zero-order valence-electron chi connectivity index (χ0n) is 24.9. The van der Waals surface area contributed by atoms with Gasteiger partial charge in [0.1, 0.15) is 22.8 Å².